The van der Waals surface area contributed by atoms with Crippen LogP contribution in [0.2, 0.25) is 0 Å². The summed E-state index contributed by atoms with van der Waals surface area (Å²) in [5.41, 5.74) is 0. The van der Waals surface area contributed by atoms with Crippen molar-refractivity contribution in [1.29, 1.82) is 0 Å². The van der Waals surface area contributed by atoms with E-state index in [1.165, 1.54) is 32.1 Å². The van der Waals surface area contributed by atoms with Crippen LogP contribution in [0.4, 0.5) is 0 Å². The van der Waals surface area contributed by atoms with Gasteiger partial charge in [0.2, 0.25) is 0 Å². The molecular weight excluding hydrogens is 224 g/mol. The van der Waals surface area contributed by atoms with Crippen LogP contribution in [0.15, 0.2) is 0 Å². The Morgan fingerprint density at radius 1 is 0.833 bits per heavy atom. The Hall–Kier alpha value is -0.0800. The van der Waals surface area contributed by atoms with Gasteiger partial charge in [-0.05, 0) is 80.5 Å². The van der Waals surface area contributed by atoms with Crippen LogP contribution in [-0.2, 0) is 4.74 Å². The van der Waals surface area contributed by atoms with Crippen LogP contribution in [0.1, 0.15) is 44.9 Å². The molecule has 5 fully saturated rings. The third kappa shape index (κ3) is 1.84. The Labute approximate surface area is 110 Å². The van der Waals surface area contributed by atoms with E-state index in [2.05, 4.69) is 0 Å². The summed E-state index contributed by atoms with van der Waals surface area (Å²) in [4.78, 5) is 0. The zero-order chi connectivity index (χ0) is 12.1. The van der Waals surface area contributed by atoms with Crippen molar-refractivity contribution < 1.29 is 9.84 Å². The summed E-state index contributed by atoms with van der Waals surface area (Å²) in [6, 6.07) is 0. The van der Waals surface area contributed by atoms with Crippen LogP contribution in [0.3, 0.4) is 0 Å². The normalized spacial score (nSPS) is 49.5. The highest BCUT2D eigenvalue weighted by Crippen LogP contribution is 2.58. The monoisotopic (exact) mass is 250 g/mol. The fourth-order valence-corrected chi connectivity index (χ4v) is 5.90. The summed E-state index contributed by atoms with van der Waals surface area (Å²) in [5, 5.41) is 10.9. The summed E-state index contributed by atoms with van der Waals surface area (Å²) in [7, 11) is 0. The molecule has 0 aromatic carbocycles. The van der Waals surface area contributed by atoms with Crippen LogP contribution in [0.25, 0.3) is 0 Å². The third-order valence-corrected chi connectivity index (χ3v) is 6.44. The maximum atomic E-state index is 10.9. The molecule has 2 heteroatoms. The van der Waals surface area contributed by atoms with E-state index in [9.17, 15) is 5.11 Å². The molecule has 2 nitrogen and oxygen atoms in total. The van der Waals surface area contributed by atoms with Gasteiger partial charge >= 0.3 is 0 Å². The molecule has 4 saturated carbocycles. The van der Waals surface area contributed by atoms with Crippen molar-refractivity contribution in [3.8, 4) is 0 Å². The molecule has 1 N–H and O–H groups in total. The van der Waals surface area contributed by atoms with Gasteiger partial charge in [-0.25, -0.2) is 0 Å². The molecule has 5 aliphatic rings. The summed E-state index contributed by atoms with van der Waals surface area (Å²) in [6.07, 6.45) is 9.37. The summed E-state index contributed by atoms with van der Waals surface area (Å²) >= 11 is 0. The molecule has 0 aromatic heterocycles. The first-order valence-electron chi connectivity index (χ1n) is 8.07. The molecular formula is C16H26O2. The predicted molar refractivity (Wildman–Crippen MR) is 70.1 cm³/mol. The molecule has 1 unspecified atom stereocenters. The van der Waals surface area contributed by atoms with E-state index in [4.69, 9.17) is 4.74 Å². The minimum atomic E-state index is -0.0242. The van der Waals surface area contributed by atoms with Crippen LogP contribution >= 0.6 is 0 Å². The van der Waals surface area contributed by atoms with E-state index in [-0.39, 0.29) is 6.10 Å². The Morgan fingerprint density at radius 2 is 1.39 bits per heavy atom. The van der Waals surface area contributed by atoms with Crippen molar-refractivity contribution in [1.82, 2.24) is 0 Å². The van der Waals surface area contributed by atoms with Gasteiger partial charge in [0.1, 0.15) is 0 Å². The number of hydrogen-bond acceptors (Lipinski definition) is 2. The first-order chi connectivity index (χ1) is 8.81. The lowest BCUT2D eigenvalue weighted by Crippen LogP contribution is -2.51. The molecule has 1 atom stereocenters. The average molecular weight is 250 g/mol. The minimum Gasteiger partial charge on any atom is -0.393 e. The summed E-state index contributed by atoms with van der Waals surface area (Å²) in [5.74, 6) is 4.93. The second-order valence-electron chi connectivity index (χ2n) is 7.45. The second-order valence-corrected chi connectivity index (χ2v) is 7.45. The number of aliphatic hydroxyl groups is 1. The van der Waals surface area contributed by atoms with Gasteiger partial charge in [0.25, 0.3) is 0 Å². The highest BCUT2D eigenvalue weighted by molar-refractivity contribution is 5.01. The highest BCUT2D eigenvalue weighted by atomic mass is 16.5. The molecule has 102 valence electrons. The third-order valence-electron chi connectivity index (χ3n) is 6.44. The number of rotatable bonds is 2. The molecule has 1 aliphatic heterocycles. The zero-order valence-electron chi connectivity index (χ0n) is 11.3. The highest BCUT2D eigenvalue weighted by Gasteiger charge is 2.51. The fourth-order valence-electron chi connectivity index (χ4n) is 5.90. The van der Waals surface area contributed by atoms with Crippen molar-refractivity contribution in [2.75, 3.05) is 13.2 Å². The molecule has 4 aliphatic carbocycles. The lowest BCUT2D eigenvalue weighted by molar-refractivity contribution is -0.117. The van der Waals surface area contributed by atoms with E-state index >= 15 is 0 Å². The molecule has 0 spiro atoms. The Balaban J connectivity index is 1.50. The molecule has 0 amide bonds. The topological polar surface area (TPSA) is 29.5 Å². The molecule has 5 rings (SSSR count). The molecule has 0 radical (unpaired) electrons. The quantitative estimate of drug-likeness (QED) is 0.816. The SMILES string of the molecule is OC(C1CCOCC1)C1C2CC3CC(C2)CC1C3. The number of ether oxygens (including phenoxy) is 1. The summed E-state index contributed by atoms with van der Waals surface area (Å²) in [6.45, 7) is 1.74. The Bertz CT molecular complexity index is 280. The van der Waals surface area contributed by atoms with E-state index < -0.39 is 0 Å². The first kappa shape index (κ1) is 11.7. The number of aliphatic hydroxyl groups excluding tert-OH is 1. The van der Waals surface area contributed by atoms with Gasteiger partial charge in [-0.15, -0.1) is 0 Å². The molecule has 4 bridgehead atoms. The van der Waals surface area contributed by atoms with Crippen LogP contribution < -0.4 is 0 Å². The van der Waals surface area contributed by atoms with Gasteiger partial charge in [0.15, 0.2) is 0 Å². The van der Waals surface area contributed by atoms with Crippen LogP contribution in [-0.4, -0.2) is 24.4 Å². The van der Waals surface area contributed by atoms with Crippen molar-refractivity contribution in [3.63, 3.8) is 0 Å². The smallest absolute Gasteiger partial charge is 0.0603 e. The first-order valence-corrected chi connectivity index (χ1v) is 8.07. The van der Waals surface area contributed by atoms with Gasteiger partial charge in [0.05, 0.1) is 6.10 Å². The van der Waals surface area contributed by atoms with E-state index in [0.29, 0.717) is 11.8 Å². The van der Waals surface area contributed by atoms with E-state index in [0.717, 1.165) is 49.7 Å². The average Bonchev–Trinajstić information content (AvgIpc) is 2.38. The van der Waals surface area contributed by atoms with E-state index in [1.807, 2.05) is 0 Å². The van der Waals surface area contributed by atoms with Gasteiger partial charge in [-0.2, -0.15) is 0 Å². The van der Waals surface area contributed by atoms with Gasteiger partial charge in [-0.3, -0.25) is 0 Å². The molecule has 18 heavy (non-hydrogen) atoms. The standard InChI is InChI=1S/C16H26O2/c17-16(12-1-3-18-4-2-12)15-13-6-10-5-11(8-13)9-14(15)7-10/h10-17H,1-9H2. The van der Waals surface area contributed by atoms with Crippen molar-refractivity contribution in [2.45, 2.75) is 51.0 Å². The maximum absolute atomic E-state index is 10.9. The zero-order valence-corrected chi connectivity index (χ0v) is 11.3. The number of hydrogen-bond donors (Lipinski definition) is 1. The minimum absolute atomic E-state index is 0.0242. The van der Waals surface area contributed by atoms with Crippen LogP contribution in [0, 0.1) is 35.5 Å². The van der Waals surface area contributed by atoms with Gasteiger partial charge in [-0.1, -0.05) is 0 Å². The predicted octanol–water partition coefficient (Wildman–Crippen LogP) is 2.85. The Kier molecular flexibility index (Phi) is 2.92. The van der Waals surface area contributed by atoms with Gasteiger partial charge < -0.3 is 9.84 Å². The molecule has 0 aromatic rings. The van der Waals surface area contributed by atoms with Crippen LogP contribution in [0.5, 0.6) is 0 Å². The maximum Gasteiger partial charge on any atom is 0.0603 e. The van der Waals surface area contributed by atoms with Crippen molar-refractivity contribution >= 4 is 0 Å². The fraction of sp³-hybridized carbons (Fsp3) is 1.00. The lowest BCUT2D eigenvalue weighted by Gasteiger charge is -2.56. The second kappa shape index (κ2) is 4.49. The molecule has 1 heterocycles. The molecule has 1 saturated heterocycles. The van der Waals surface area contributed by atoms with Crippen molar-refractivity contribution in [3.05, 3.63) is 0 Å². The van der Waals surface area contributed by atoms with Gasteiger partial charge in [0, 0.05) is 13.2 Å². The van der Waals surface area contributed by atoms with E-state index in [1.54, 1.807) is 0 Å². The lowest BCUT2D eigenvalue weighted by atomic mass is 9.50. The van der Waals surface area contributed by atoms with Crippen molar-refractivity contribution in [2.24, 2.45) is 35.5 Å². The largest absolute Gasteiger partial charge is 0.393 e. The Morgan fingerprint density at radius 3 is 1.94 bits per heavy atom. The summed E-state index contributed by atoms with van der Waals surface area (Å²) < 4.78 is 5.44.